The fraction of sp³-hybridized carbons (Fsp3) is 0.182. The maximum absolute atomic E-state index is 13.2. The molecule has 0 fully saturated rings. The first-order valence-corrected chi connectivity index (χ1v) is 9.43. The molecule has 0 spiro atoms. The largest absolute Gasteiger partial charge is 0.488 e. The van der Waals surface area contributed by atoms with E-state index >= 15 is 0 Å². The topological polar surface area (TPSA) is 84.1 Å². The van der Waals surface area contributed by atoms with E-state index in [4.69, 9.17) is 9.47 Å². The number of rotatable bonds is 6. The van der Waals surface area contributed by atoms with Gasteiger partial charge in [0.15, 0.2) is 5.75 Å². The van der Waals surface area contributed by atoms with E-state index in [1.807, 2.05) is 74.5 Å². The molecular formula is C22H21N5O3. The van der Waals surface area contributed by atoms with Crippen LogP contribution < -0.4 is 15.0 Å². The van der Waals surface area contributed by atoms with E-state index in [0.29, 0.717) is 12.3 Å². The lowest BCUT2D eigenvalue weighted by molar-refractivity contribution is 0.351. The Morgan fingerprint density at radius 2 is 1.60 bits per heavy atom. The minimum Gasteiger partial charge on any atom is -0.488 e. The molecule has 8 heteroatoms. The molecule has 2 aromatic carbocycles. The summed E-state index contributed by atoms with van der Waals surface area (Å²) in [5.41, 5.74) is 3.02. The summed E-state index contributed by atoms with van der Waals surface area (Å²) in [6.45, 7) is 4.20. The molecule has 0 aliphatic rings. The second-order valence-corrected chi connectivity index (χ2v) is 6.76. The first kappa shape index (κ1) is 19.4. The van der Waals surface area contributed by atoms with Crippen molar-refractivity contribution >= 4 is 0 Å². The summed E-state index contributed by atoms with van der Waals surface area (Å²) in [6.07, 6.45) is 0. The predicted octanol–water partition coefficient (Wildman–Crippen LogP) is 3.29. The number of methoxy groups -OCH3 is 1. The van der Waals surface area contributed by atoms with E-state index in [1.165, 1.54) is 11.8 Å². The van der Waals surface area contributed by atoms with Crippen LogP contribution in [0.1, 0.15) is 16.8 Å². The molecule has 0 N–H and O–H groups in total. The van der Waals surface area contributed by atoms with Crippen LogP contribution in [0.4, 0.5) is 0 Å². The Bertz CT molecular complexity index is 1220. The highest BCUT2D eigenvalue weighted by atomic mass is 16.5. The zero-order chi connectivity index (χ0) is 21.1. The molecule has 2 heterocycles. The van der Waals surface area contributed by atoms with Crippen LogP contribution in [0, 0.1) is 13.8 Å². The molecule has 30 heavy (non-hydrogen) atoms. The number of pyridine rings is 1. The molecule has 8 nitrogen and oxygen atoms in total. The van der Waals surface area contributed by atoms with Crippen LogP contribution >= 0.6 is 0 Å². The summed E-state index contributed by atoms with van der Waals surface area (Å²) >= 11 is 0. The Morgan fingerprint density at radius 1 is 0.933 bits per heavy atom. The molecule has 4 aromatic rings. The van der Waals surface area contributed by atoms with Gasteiger partial charge in [-0.2, -0.15) is 4.68 Å². The smallest absolute Gasteiger partial charge is 0.346 e. The molecule has 0 unspecified atom stereocenters. The number of benzene rings is 2. The fourth-order valence-electron chi connectivity index (χ4n) is 3.23. The summed E-state index contributed by atoms with van der Waals surface area (Å²) in [7, 11) is 1.45. The molecule has 0 aliphatic carbocycles. The highest BCUT2D eigenvalue weighted by Crippen LogP contribution is 2.33. The Kier molecular flexibility index (Phi) is 5.30. The highest BCUT2D eigenvalue weighted by molar-refractivity contribution is 5.49. The van der Waals surface area contributed by atoms with Crippen molar-refractivity contribution in [3.8, 4) is 23.2 Å². The standard InChI is InChI=1S/C22H21N5O3/c1-15-16(2)26(14-17-10-6-4-7-11-17)21(28)20(29-3)19(15)30-22-23-24-25-27(22)18-12-8-5-9-13-18/h4-13H,14H2,1-3H3. The van der Waals surface area contributed by atoms with Crippen molar-refractivity contribution in [2.45, 2.75) is 20.4 Å². The van der Waals surface area contributed by atoms with Crippen LogP contribution in [0.15, 0.2) is 65.5 Å². The SMILES string of the molecule is COc1c(Oc2nnnn2-c2ccccc2)c(C)c(C)n(Cc2ccccc2)c1=O. The van der Waals surface area contributed by atoms with Gasteiger partial charge < -0.3 is 14.0 Å². The minimum absolute atomic E-state index is 0.108. The first-order chi connectivity index (χ1) is 14.6. The van der Waals surface area contributed by atoms with Crippen LogP contribution in [-0.2, 0) is 6.54 Å². The minimum atomic E-state index is -0.279. The number of aromatic nitrogens is 5. The Morgan fingerprint density at radius 3 is 2.27 bits per heavy atom. The van der Waals surface area contributed by atoms with Crippen LogP contribution in [0.3, 0.4) is 0 Å². The third-order valence-electron chi connectivity index (χ3n) is 4.96. The predicted molar refractivity (Wildman–Crippen MR) is 112 cm³/mol. The van der Waals surface area contributed by atoms with Gasteiger partial charge in [0.25, 0.3) is 5.56 Å². The van der Waals surface area contributed by atoms with Gasteiger partial charge in [0, 0.05) is 11.3 Å². The van der Waals surface area contributed by atoms with Gasteiger partial charge >= 0.3 is 6.01 Å². The molecular weight excluding hydrogens is 382 g/mol. The molecule has 0 amide bonds. The Hall–Kier alpha value is -3.94. The van der Waals surface area contributed by atoms with Crippen LogP contribution in [0.25, 0.3) is 5.69 Å². The monoisotopic (exact) mass is 403 g/mol. The molecule has 2 aromatic heterocycles. The highest BCUT2D eigenvalue weighted by Gasteiger charge is 2.22. The van der Waals surface area contributed by atoms with Crippen molar-refractivity contribution in [3.05, 3.63) is 87.8 Å². The van der Waals surface area contributed by atoms with Gasteiger partial charge in [0.05, 0.1) is 19.3 Å². The van der Waals surface area contributed by atoms with Crippen molar-refractivity contribution in [1.29, 1.82) is 0 Å². The normalized spacial score (nSPS) is 10.8. The summed E-state index contributed by atoms with van der Waals surface area (Å²) in [6, 6.07) is 19.3. The van der Waals surface area contributed by atoms with Gasteiger partial charge in [0.2, 0.25) is 5.75 Å². The molecule has 0 atom stereocenters. The summed E-state index contributed by atoms with van der Waals surface area (Å²) in [5.74, 6) is 0.410. The molecule has 0 saturated heterocycles. The first-order valence-electron chi connectivity index (χ1n) is 9.43. The molecule has 4 rings (SSSR count). The van der Waals surface area contributed by atoms with Gasteiger partial charge in [-0.05, 0) is 42.0 Å². The number of hydrogen-bond acceptors (Lipinski definition) is 6. The van der Waals surface area contributed by atoms with E-state index in [0.717, 1.165) is 22.5 Å². The van der Waals surface area contributed by atoms with E-state index in [-0.39, 0.29) is 17.3 Å². The number of nitrogens with zero attached hydrogens (tertiary/aromatic N) is 5. The number of para-hydroxylation sites is 1. The third-order valence-corrected chi connectivity index (χ3v) is 4.96. The average molecular weight is 403 g/mol. The van der Waals surface area contributed by atoms with E-state index in [1.54, 1.807) is 4.57 Å². The molecule has 0 radical (unpaired) electrons. The van der Waals surface area contributed by atoms with Gasteiger partial charge in [0.1, 0.15) is 0 Å². The number of tetrazole rings is 1. The molecule has 0 saturated carbocycles. The van der Waals surface area contributed by atoms with Crippen molar-refractivity contribution < 1.29 is 9.47 Å². The average Bonchev–Trinajstić information content (AvgIpc) is 3.25. The van der Waals surface area contributed by atoms with E-state index in [2.05, 4.69) is 15.5 Å². The summed E-state index contributed by atoms with van der Waals surface area (Å²) in [5, 5.41) is 11.7. The van der Waals surface area contributed by atoms with Gasteiger partial charge in [-0.1, -0.05) is 53.6 Å². The zero-order valence-corrected chi connectivity index (χ0v) is 16.9. The van der Waals surface area contributed by atoms with Crippen molar-refractivity contribution in [2.75, 3.05) is 7.11 Å². The van der Waals surface area contributed by atoms with Crippen molar-refractivity contribution in [1.82, 2.24) is 24.8 Å². The number of hydrogen-bond donors (Lipinski definition) is 0. The van der Waals surface area contributed by atoms with E-state index in [9.17, 15) is 4.79 Å². The van der Waals surface area contributed by atoms with Gasteiger partial charge in [-0.15, -0.1) is 0 Å². The summed E-state index contributed by atoms with van der Waals surface area (Å²) < 4.78 is 14.6. The van der Waals surface area contributed by atoms with Crippen molar-refractivity contribution in [3.63, 3.8) is 0 Å². The van der Waals surface area contributed by atoms with Crippen LogP contribution in [-0.4, -0.2) is 31.9 Å². The maximum Gasteiger partial charge on any atom is 0.346 e. The number of ether oxygens (including phenoxy) is 2. The van der Waals surface area contributed by atoms with E-state index < -0.39 is 0 Å². The lowest BCUT2D eigenvalue weighted by atomic mass is 10.1. The maximum atomic E-state index is 13.2. The summed E-state index contributed by atoms with van der Waals surface area (Å²) in [4.78, 5) is 13.2. The second-order valence-electron chi connectivity index (χ2n) is 6.76. The zero-order valence-electron chi connectivity index (χ0n) is 16.9. The second kappa shape index (κ2) is 8.20. The van der Waals surface area contributed by atoms with Crippen LogP contribution in [0.5, 0.6) is 17.5 Å². The Balaban J connectivity index is 1.77. The Labute approximate surface area is 173 Å². The van der Waals surface area contributed by atoms with Gasteiger partial charge in [-0.3, -0.25) is 4.79 Å². The molecule has 152 valence electrons. The molecule has 0 bridgehead atoms. The lowest BCUT2D eigenvalue weighted by Gasteiger charge is -2.18. The molecule has 0 aliphatic heterocycles. The third kappa shape index (κ3) is 3.55. The van der Waals surface area contributed by atoms with Gasteiger partial charge in [-0.25, -0.2) is 0 Å². The lowest BCUT2D eigenvalue weighted by Crippen LogP contribution is -2.26. The van der Waals surface area contributed by atoms with Crippen molar-refractivity contribution in [2.24, 2.45) is 0 Å². The fourth-order valence-corrected chi connectivity index (χ4v) is 3.23. The van der Waals surface area contributed by atoms with Crippen LogP contribution in [0.2, 0.25) is 0 Å². The quantitative estimate of drug-likeness (QED) is 0.491.